The predicted molar refractivity (Wildman–Crippen MR) is 41.8 cm³/mol. The van der Waals surface area contributed by atoms with Crippen LogP contribution in [0.2, 0.25) is 0 Å². The van der Waals surface area contributed by atoms with Crippen LogP contribution in [0.4, 0.5) is 0 Å². The van der Waals surface area contributed by atoms with Crippen LogP contribution in [0.1, 0.15) is 13.3 Å². The number of hydrogen-bond acceptors (Lipinski definition) is 1. The van der Waals surface area contributed by atoms with Crippen LogP contribution in [0.15, 0.2) is 0 Å². The number of rotatable bonds is 2. The Kier molecular flexibility index (Phi) is 10.7. The van der Waals surface area contributed by atoms with E-state index in [0.29, 0.717) is 0 Å². The van der Waals surface area contributed by atoms with E-state index in [1.807, 2.05) is 6.42 Å². The van der Waals surface area contributed by atoms with Gasteiger partial charge >= 0.3 is 0 Å². The molecule has 1 nitrogen and oxygen atoms in total. The Balaban J connectivity index is 0. The molecule has 0 heterocycles. The molecule has 0 saturated carbocycles. The fourth-order valence-electron chi connectivity index (χ4n) is 0.225. The first kappa shape index (κ1) is 10.8. The number of halogens is 2. The van der Waals surface area contributed by atoms with E-state index in [4.69, 9.17) is 5.73 Å². The summed E-state index contributed by atoms with van der Waals surface area (Å²) in [5.74, 6) is 0. The van der Waals surface area contributed by atoms with Gasteiger partial charge in [-0.1, -0.05) is 29.3 Å². The van der Waals surface area contributed by atoms with Crippen LogP contribution in [0, 0.1) is 6.42 Å². The normalized spacial score (nSPS) is 12.4. The van der Waals surface area contributed by atoms with Crippen molar-refractivity contribution in [2.75, 3.05) is 0 Å². The maximum Gasteiger partial charge on any atom is 0.0637 e. The van der Waals surface area contributed by atoms with Crippen molar-refractivity contribution in [3.05, 3.63) is 6.42 Å². The second kappa shape index (κ2) is 6.92. The van der Waals surface area contributed by atoms with Crippen LogP contribution < -0.4 is 5.73 Å². The van der Waals surface area contributed by atoms with Crippen molar-refractivity contribution in [1.82, 2.24) is 0 Å². The molecule has 0 aliphatic carbocycles. The Morgan fingerprint density at radius 3 is 2.29 bits per heavy atom. The Hall–Kier alpha value is 0.920. The highest BCUT2D eigenvalue weighted by molar-refractivity contribution is 9.09. The van der Waals surface area contributed by atoms with Crippen LogP contribution >= 0.6 is 32.9 Å². The van der Waals surface area contributed by atoms with E-state index in [0.717, 1.165) is 6.42 Å². The molecule has 0 spiro atoms. The van der Waals surface area contributed by atoms with Gasteiger partial charge in [0.1, 0.15) is 0 Å². The standard InChI is InChI=1S/C4H9BrN.BrH/c1-2-3-4(5)6;/h3-4H,2,6H2,1H3;1H. The van der Waals surface area contributed by atoms with E-state index >= 15 is 0 Å². The largest absolute Gasteiger partial charge is 0.319 e. The summed E-state index contributed by atoms with van der Waals surface area (Å²) >= 11 is 3.16. The molecule has 3 heteroatoms. The number of alkyl halides is 1. The van der Waals surface area contributed by atoms with Gasteiger partial charge in [-0.3, -0.25) is 0 Å². The molecule has 0 bridgehead atoms. The second-order valence-electron chi connectivity index (χ2n) is 1.09. The molecule has 1 atom stereocenters. The van der Waals surface area contributed by atoms with Gasteiger partial charge in [-0.05, 0) is 6.42 Å². The Labute approximate surface area is 63.6 Å². The lowest BCUT2D eigenvalue weighted by atomic mass is 10.3. The molecule has 0 aliphatic rings. The minimum atomic E-state index is 0. The molecular formula is C4H10Br2N. The molecular weight excluding hydrogens is 222 g/mol. The van der Waals surface area contributed by atoms with Gasteiger partial charge < -0.3 is 5.73 Å². The van der Waals surface area contributed by atoms with Crippen LogP contribution in [0.5, 0.6) is 0 Å². The lowest BCUT2D eigenvalue weighted by molar-refractivity contribution is 0.966. The minimum absolute atomic E-state index is 0. The minimum Gasteiger partial charge on any atom is -0.319 e. The maximum absolute atomic E-state index is 5.26. The summed E-state index contributed by atoms with van der Waals surface area (Å²) in [6, 6.07) is 0. The third-order valence-electron chi connectivity index (χ3n) is 0.461. The molecule has 7 heavy (non-hydrogen) atoms. The summed E-state index contributed by atoms with van der Waals surface area (Å²) in [5, 5.41) is 0. The average molecular weight is 232 g/mol. The van der Waals surface area contributed by atoms with Crippen LogP contribution in [0.25, 0.3) is 0 Å². The summed E-state index contributed by atoms with van der Waals surface area (Å²) in [6.45, 7) is 2.06. The molecule has 45 valence electrons. The summed E-state index contributed by atoms with van der Waals surface area (Å²) < 4.78 is 0. The molecule has 0 fully saturated rings. The zero-order chi connectivity index (χ0) is 4.99. The summed E-state index contributed by atoms with van der Waals surface area (Å²) in [4.78, 5) is 0.0856. The highest BCUT2D eigenvalue weighted by atomic mass is 79.9. The monoisotopic (exact) mass is 230 g/mol. The smallest absolute Gasteiger partial charge is 0.0637 e. The predicted octanol–water partition coefficient (Wildman–Crippen LogP) is 1.86. The number of nitrogens with two attached hydrogens (primary N) is 1. The van der Waals surface area contributed by atoms with Crippen molar-refractivity contribution in [3.8, 4) is 0 Å². The van der Waals surface area contributed by atoms with E-state index in [9.17, 15) is 0 Å². The summed E-state index contributed by atoms with van der Waals surface area (Å²) in [5.41, 5.74) is 5.26. The molecule has 0 aromatic rings. The van der Waals surface area contributed by atoms with Gasteiger partial charge in [0.05, 0.1) is 4.95 Å². The van der Waals surface area contributed by atoms with Crippen molar-refractivity contribution >= 4 is 32.9 Å². The van der Waals surface area contributed by atoms with E-state index in [-0.39, 0.29) is 21.9 Å². The van der Waals surface area contributed by atoms with Crippen LogP contribution in [-0.2, 0) is 0 Å². The Morgan fingerprint density at radius 2 is 2.29 bits per heavy atom. The summed E-state index contributed by atoms with van der Waals surface area (Å²) in [7, 11) is 0. The average Bonchev–Trinajstić information content (AvgIpc) is 1.35. The molecule has 1 unspecified atom stereocenters. The second-order valence-corrected chi connectivity index (χ2v) is 2.15. The van der Waals surface area contributed by atoms with E-state index in [2.05, 4.69) is 22.9 Å². The first-order valence-corrected chi connectivity index (χ1v) is 2.92. The SMILES string of the molecule is Br.CC[CH]C(N)Br. The Morgan fingerprint density at radius 1 is 1.86 bits per heavy atom. The first-order chi connectivity index (χ1) is 2.77. The molecule has 1 radical (unpaired) electrons. The lowest BCUT2D eigenvalue weighted by Crippen LogP contribution is -2.09. The molecule has 0 saturated heterocycles. The zero-order valence-corrected chi connectivity index (χ0v) is 7.52. The maximum atomic E-state index is 5.26. The van der Waals surface area contributed by atoms with Gasteiger partial charge in [-0.15, -0.1) is 17.0 Å². The van der Waals surface area contributed by atoms with Gasteiger partial charge in [0.15, 0.2) is 0 Å². The molecule has 0 aliphatic heterocycles. The van der Waals surface area contributed by atoms with Crippen molar-refractivity contribution < 1.29 is 0 Å². The van der Waals surface area contributed by atoms with Gasteiger partial charge in [0, 0.05) is 0 Å². The van der Waals surface area contributed by atoms with Gasteiger partial charge in [-0.25, -0.2) is 0 Å². The van der Waals surface area contributed by atoms with Crippen LogP contribution in [0.3, 0.4) is 0 Å². The number of hydrogen-bond donors (Lipinski definition) is 1. The lowest BCUT2D eigenvalue weighted by Gasteiger charge is -1.93. The fourth-order valence-corrected chi connectivity index (χ4v) is 0.599. The molecule has 0 aromatic heterocycles. The summed E-state index contributed by atoms with van der Waals surface area (Å²) in [6.07, 6.45) is 3.02. The fraction of sp³-hybridized carbons (Fsp3) is 0.750. The zero-order valence-electron chi connectivity index (χ0n) is 4.23. The molecule has 0 aromatic carbocycles. The molecule has 0 rings (SSSR count). The van der Waals surface area contributed by atoms with Crippen molar-refractivity contribution in [2.45, 2.75) is 18.3 Å². The van der Waals surface area contributed by atoms with Crippen molar-refractivity contribution in [2.24, 2.45) is 5.73 Å². The van der Waals surface area contributed by atoms with E-state index in [1.54, 1.807) is 0 Å². The van der Waals surface area contributed by atoms with Gasteiger partial charge in [0.25, 0.3) is 0 Å². The molecule has 2 N–H and O–H groups in total. The third kappa shape index (κ3) is 10.9. The van der Waals surface area contributed by atoms with E-state index < -0.39 is 0 Å². The highest BCUT2D eigenvalue weighted by Gasteiger charge is 1.88. The third-order valence-corrected chi connectivity index (χ3v) is 0.835. The van der Waals surface area contributed by atoms with Gasteiger partial charge in [0.2, 0.25) is 0 Å². The van der Waals surface area contributed by atoms with Crippen LogP contribution in [-0.4, -0.2) is 4.95 Å². The Bertz CT molecular complexity index is 30.9. The van der Waals surface area contributed by atoms with E-state index in [1.165, 1.54) is 0 Å². The van der Waals surface area contributed by atoms with Crippen molar-refractivity contribution in [3.63, 3.8) is 0 Å². The topological polar surface area (TPSA) is 26.0 Å². The highest BCUT2D eigenvalue weighted by Crippen LogP contribution is 1.96. The first-order valence-electron chi connectivity index (χ1n) is 2.00. The quantitative estimate of drug-likeness (QED) is 0.570. The van der Waals surface area contributed by atoms with Crippen molar-refractivity contribution in [1.29, 1.82) is 0 Å². The molecule has 0 amide bonds. The van der Waals surface area contributed by atoms with Gasteiger partial charge in [-0.2, -0.15) is 0 Å².